The molecule has 0 bridgehead atoms. The normalized spacial score (nSPS) is 19.5. The van der Waals surface area contributed by atoms with E-state index in [4.69, 9.17) is 9.47 Å². The van der Waals surface area contributed by atoms with Crippen molar-refractivity contribution in [2.45, 2.75) is 143 Å². The third-order valence-electron chi connectivity index (χ3n) is 7.36. The minimum absolute atomic E-state index is 0.0172. The van der Waals surface area contributed by atoms with Crippen LogP contribution in [0.25, 0.3) is 0 Å². The lowest BCUT2D eigenvalue weighted by atomic mass is 9.85. The van der Waals surface area contributed by atoms with E-state index in [0.717, 1.165) is 25.7 Å². The van der Waals surface area contributed by atoms with Crippen molar-refractivity contribution in [1.82, 2.24) is 10.6 Å². The number of aliphatic carboxylic acids is 1. The number of carboxylic acids is 1. The zero-order valence-corrected chi connectivity index (χ0v) is 25.7. The molecule has 1 aliphatic heterocycles. The van der Waals surface area contributed by atoms with Gasteiger partial charge in [-0.15, -0.1) is 0 Å². The van der Waals surface area contributed by atoms with Crippen LogP contribution in [0.1, 0.15) is 126 Å². The van der Waals surface area contributed by atoms with E-state index in [1.807, 2.05) is 27.7 Å². The number of allylic oxidation sites excluding steroid dienone is 2. The Labute approximate surface area is 237 Å². The van der Waals surface area contributed by atoms with Crippen LogP contribution < -0.4 is 10.6 Å². The summed E-state index contributed by atoms with van der Waals surface area (Å²) in [6.45, 7) is 14.2. The second-order valence-electron chi connectivity index (χ2n) is 12.8. The van der Waals surface area contributed by atoms with Crippen molar-refractivity contribution in [3.05, 3.63) is 12.2 Å². The Balaban J connectivity index is 2.40. The van der Waals surface area contributed by atoms with Gasteiger partial charge in [0.25, 0.3) is 0 Å². The minimum atomic E-state index is -0.980. The highest BCUT2D eigenvalue weighted by atomic mass is 16.7. The summed E-state index contributed by atoms with van der Waals surface area (Å²) in [7, 11) is 0. The van der Waals surface area contributed by atoms with E-state index in [1.165, 1.54) is 32.1 Å². The first kappa shape index (κ1) is 35.1. The van der Waals surface area contributed by atoms with E-state index in [1.54, 1.807) is 13.8 Å². The number of carbonyl (C=O) groups excluding carboxylic acids is 2. The van der Waals surface area contributed by atoms with Gasteiger partial charge in [0.15, 0.2) is 5.79 Å². The van der Waals surface area contributed by atoms with Crippen LogP contribution in [0, 0.1) is 10.8 Å². The Morgan fingerprint density at radius 3 is 2.28 bits per heavy atom. The molecule has 0 aromatic carbocycles. The molecule has 1 saturated heterocycles. The predicted octanol–water partition coefficient (Wildman–Crippen LogP) is 6.13. The molecule has 8 heteroatoms. The molecule has 1 heterocycles. The summed E-state index contributed by atoms with van der Waals surface area (Å²) in [5, 5.41) is 15.2. The van der Waals surface area contributed by atoms with E-state index < -0.39 is 34.7 Å². The number of carbonyl (C=O) groups is 3. The number of amides is 2. The molecule has 2 amide bonds. The maximum absolute atomic E-state index is 13.0. The topological polar surface area (TPSA) is 114 Å². The van der Waals surface area contributed by atoms with Crippen LogP contribution in [0.4, 0.5) is 0 Å². The number of rotatable bonds is 19. The number of nitrogens with one attached hydrogen (secondary N) is 2. The van der Waals surface area contributed by atoms with Gasteiger partial charge in [0.05, 0.1) is 13.0 Å². The first-order valence-corrected chi connectivity index (χ1v) is 15.0. The number of hydrogen-bond acceptors (Lipinski definition) is 5. The maximum Gasteiger partial charge on any atom is 0.305 e. The van der Waals surface area contributed by atoms with Crippen LogP contribution in [0.15, 0.2) is 12.2 Å². The zero-order valence-electron chi connectivity index (χ0n) is 25.7. The predicted molar refractivity (Wildman–Crippen MR) is 155 cm³/mol. The first-order valence-electron chi connectivity index (χ1n) is 15.0. The van der Waals surface area contributed by atoms with Crippen LogP contribution >= 0.6 is 0 Å². The van der Waals surface area contributed by atoms with Gasteiger partial charge < -0.3 is 25.2 Å². The van der Waals surface area contributed by atoms with Crippen LogP contribution in [0.5, 0.6) is 0 Å². The third-order valence-corrected chi connectivity index (χ3v) is 7.36. The van der Waals surface area contributed by atoms with Gasteiger partial charge >= 0.3 is 5.97 Å². The Kier molecular flexibility index (Phi) is 15.3. The maximum atomic E-state index is 13.0. The fourth-order valence-corrected chi connectivity index (χ4v) is 4.76. The van der Waals surface area contributed by atoms with Gasteiger partial charge in [0, 0.05) is 23.4 Å². The Hall–Kier alpha value is -1.93. The summed E-state index contributed by atoms with van der Waals surface area (Å²) in [4.78, 5) is 37.3. The summed E-state index contributed by atoms with van der Waals surface area (Å²) < 4.78 is 11.6. The van der Waals surface area contributed by atoms with Gasteiger partial charge in [0.2, 0.25) is 11.8 Å². The summed E-state index contributed by atoms with van der Waals surface area (Å²) in [6.07, 6.45) is 14.8. The van der Waals surface area contributed by atoms with Gasteiger partial charge in [-0.3, -0.25) is 14.4 Å². The molecular weight excluding hydrogens is 496 g/mol. The lowest BCUT2D eigenvalue weighted by Gasteiger charge is -2.45. The van der Waals surface area contributed by atoms with Crippen molar-refractivity contribution in [2.24, 2.45) is 10.8 Å². The van der Waals surface area contributed by atoms with E-state index in [2.05, 4.69) is 29.7 Å². The molecule has 2 atom stereocenters. The monoisotopic (exact) mass is 552 g/mol. The number of hydrogen-bond donors (Lipinski definition) is 3. The molecule has 39 heavy (non-hydrogen) atoms. The Bertz CT molecular complexity index is 790. The van der Waals surface area contributed by atoms with Crippen molar-refractivity contribution >= 4 is 17.8 Å². The SMILES string of the molecule is CCC=CCCCCCCCCC(C)(C)C(=O)NCCCC(CC(=O)O)NC(=O)C1OC(C)(C)OCC1(C)C. The van der Waals surface area contributed by atoms with Gasteiger partial charge in [-0.1, -0.05) is 78.9 Å². The quantitative estimate of drug-likeness (QED) is 0.131. The van der Waals surface area contributed by atoms with Crippen molar-refractivity contribution < 1.29 is 29.0 Å². The molecule has 226 valence electrons. The molecule has 0 aromatic heterocycles. The average molecular weight is 553 g/mol. The second-order valence-corrected chi connectivity index (χ2v) is 12.8. The summed E-state index contributed by atoms with van der Waals surface area (Å²) in [5.74, 6) is -2.18. The fourth-order valence-electron chi connectivity index (χ4n) is 4.76. The summed E-state index contributed by atoms with van der Waals surface area (Å²) >= 11 is 0. The molecule has 2 unspecified atom stereocenters. The highest BCUT2D eigenvalue weighted by Crippen LogP contribution is 2.35. The van der Waals surface area contributed by atoms with Crippen LogP contribution in [-0.2, 0) is 23.9 Å². The first-order chi connectivity index (χ1) is 18.2. The largest absolute Gasteiger partial charge is 0.481 e. The van der Waals surface area contributed by atoms with Gasteiger partial charge in [-0.2, -0.15) is 0 Å². The number of carboxylic acid groups (broad SMARTS) is 1. The second kappa shape index (κ2) is 17.0. The molecule has 8 nitrogen and oxygen atoms in total. The molecule has 0 saturated carbocycles. The fraction of sp³-hybridized carbons (Fsp3) is 0.839. The summed E-state index contributed by atoms with van der Waals surface area (Å²) in [5.41, 5.74) is -0.989. The zero-order chi connectivity index (χ0) is 29.5. The molecular formula is C31H56N2O6. The standard InChI is InChI=1S/C31H56N2O6/c1-8-9-10-11-12-13-14-15-16-17-20-29(2,3)28(37)32-21-18-19-24(22-25(34)35)33-27(36)26-30(4,5)23-38-31(6,7)39-26/h9-10,24,26H,8,11-23H2,1-7H3,(H,32,37)(H,33,36)(H,34,35). The van der Waals surface area contributed by atoms with Crippen molar-refractivity contribution in [1.29, 1.82) is 0 Å². The number of unbranched alkanes of at least 4 members (excludes halogenated alkanes) is 6. The Morgan fingerprint density at radius 1 is 1.00 bits per heavy atom. The van der Waals surface area contributed by atoms with Crippen molar-refractivity contribution in [3.63, 3.8) is 0 Å². The van der Waals surface area contributed by atoms with Crippen molar-refractivity contribution in [2.75, 3.05) is 13.2 Å². The van der Waals surface area contributed by atoms with E-state index in [-0.39, 0.29) is 18.2 Å². The molecule has 0 spiro atoms. The van der Waals surface area contributed by atoms with Crippen LogP contribution in [0.2, 0.25) is 0 Å². The molecule has 1 rings (SSSR count). The lowest BCUT2D eigenvalue weighted by Crippen LogP contribution is -2.57. The van der Waals surface area contributed by atoms with Crippen LogP contribution in [-0.4, -0.2) is 54.0 Å². The van der Waals surface area contributed by atoms with Crippen LogP contribution in [0.3, 0.4) is 0 Å². The summed E-state index contributed by atoms with van der Waals surface area (Å²) in [6, 6.07) is -0.548. The highest BCUT2D eigenvalue weighted by molar-refractivity contribution is 5.83. The van der Waals surface area contributed by atoms with Gasteiger partial charge in [-0.05, 0) is 52.4 Å². The highest BCUT2D eigenvalue weighted by Gasteiger charge is 2.46. The molecule has 3 N–H and O–H groups in total. The third kappa shape index (κ3) is 14.3. The van der Waals surface area contributed by atoms with Gasteiger partial charge in [-0.25, -0.2) is 0 Å². The van der Waals surface area contributed by atoms with E-state index in [9.17, 15) is 19.5 Å². The smallest absolute Gasteiger partial charge is 0.305 e. The molecule has 0 aromatic rings. The molecule has 1 aliphatic rings. The average Bonchev–Trinajstić information content (AvgIpc) is 2.84. The van der Waals surface area contributed by atoms with E-state index in [0.29, 0.717) is 26.0 Å². The Morgan fingerprint density at radius 2 is 1.64 bits per heavy atom. The lowest BCUT2D eigenvalue weighted by molar-refractivity contribution is -0.304. The molecule has 0 radical (unpaired) electrons. The van der Waals surface area contributed by atoms with Crippen molar-refractivity contribution in [3.8, 4) is 0 Å². The molecule has 1 fully saturated rings. The van der Waals surface area contributed by atoms with Gasteiger partial charge in [0.1, 0.15) is 6.10 Å². The number of ether oxygens (including phenoxy) is 2. The minimum Gasteiger partial charge on any atom is -0.481 e. The van der Waals surface area contributed by atoms with E-state index >= 15 is 0 Å². The molecule has 0 aliphatic carbocycles.